The van der Waals surface area contributed by atoms with E-state index in [4.69, 9.17) is 10.7 Å². The monoisotopic (exact) mass is 367 g/mol. The Bertz CT molecular complexity index is 882. The van der Waals surface area contributed by atoms with E-state index in [1.165, 1.54) is 18.3 Å². The number of aliphatic hydroxyl groups is 1. The summed E-state index contributed by atoms with van der Waals surface area (Å²) in [5.74, 6) is 0.499. The van der Waals surface area contributed by atoms with Crippen molar-refractivity contribution in [2.45, 2.75) is 26.2 Å². The summed E-state index contributed by atoms with van der Waals surface area (Å²) >= 11 is 0. The number of hydrogen-bond donors (Lipinski definition) is 2. The molecular weight excluding hydrogens is 341 g/mol. The number of allylic oxidation sites excluding steroid dienone is 4. The standard InChI is InChI=1S/C22H26FN3O/c1-5-7-16(12-13-24)19-20(17-8-10-18(23)11-9-17)26(14-6-15-27)21(25-19)22(2,3)4/h5-14,27H,1,15,24H2,2-4H3/b13-12-,14-6+,16-7+. The van der Waals surface area contributed by atoms with Gasteiger partial charge >= 0.3 is 0 Å². The highest BCUT2D eigenvalue weighted by atomic mass is 19.1. The van der Waals surface area contributed by atoms with E-state index in [9.17, 15) is 9.50 Å². The Labute approximate surface area is 159 Å². The van der Waals surface area contributed by atoms with E-state index in [0.29, 0.717) is 5.69 Å². The molecule has 4 nitrogen and oxygen atoms in total. The summed E-state index contributed by atoms with van der Waals surface area (Å²) in [4.78, 5) is 4.88. The van der Waals surface area contributed by atoms with E-state index in [-0.39, 0.29) is 17.8 Å². The lowest BCUT2D eigenvalue weighted by molar-refractivity contribution is 0.343. The van der Waals surface area contributed by atoms with Crippen molar-refractivity contribution in [2.24, 2.45) is 5.73 Å². The highest BCUT2D eigenvalue weighted by Gasteiger charge is 2.26. The summed E-state index contributed by atoms with van der Waals surface area (Å²) in [7, 11) is 0. The van der Waals surface area contributed by atoms with Crippen LogP contribution in [0.3, 0.4) is 0 Å². The van der Waals surface area contributed by atoms with Gasteiger partial charge in [-0.2, -0.15) is 0 Å². The molecule has 0 atom stereocenters. The Morgan fingerprint density at radius 2 is 1.96 bits per heavy atom. The lowest BCUT2D eigenvalue weighted by Crippen LogP contribution is -2.17. The average molecular weight is 367 g/mol. The van der Waals surface area contributed by atoms with Crippen molar-refractivity contribution in [3.63, 3.8) is 0 Å². The van der Waals surface area contributed by atoms with Crippen LogP contribution in [0.15, 0.2) is 61.3 Å². The van der Waals surface area contributed by atoms with Crippen molar-refractivity contribution in [1.82, 2.24) is 9.55 Å². The molecular formula is C22H26FN3O. The van der Waals surface area contributed by atoms with Crippen molar-refractivity contribution in [2.75, 3.05) is 6.61 Å². The highest BCUT2D eigenvalue weighted by Crippen LogP contribution is 2.35. The van der Waals surface area contributed by atoms with Gasteiger partial charge in [0.15, 0.2) is 0 Å². The van der Waals surface area contributed by atoms with Gasteiger partial charge in [-0.15, -0.1) is 0 Å². The molecule has 2 aromatic rings. The molecule has 142 valence electrons. The second-order valence-electron chi connectivity index (χ2n) is 7.04. The van der Waals surface area contributed by atoms with Crippen molar-refractivity contribution >= 4 is 11.8 Å². The minimum Gasteiger partial charge on any atom is -0.405 e. The first kappa shape index (κ1) is 20.4. The molecule has 0 saturated heterocycles. The van der Waals surface area contributed by atoms with E-state index in [2.05, 4.69) is 27.4 Å². The van der Waals surface area contributed by atoms with Crippen LogP contribution in [0.4, 0.5) is 4.39 Å². The first-order chi connectivity index (χ1) is 12.8. The van der Waals surface area contributed by atoms with E-state index in [0.717, 1.165) is 22.7 Å². The van der Waals surface area contributed by atoms with Crippen molar-refractivity contribution in [3.05, 3.63) is 78.7 Å². The van der Waals surface area contributed by atoms with Gasteiger partial charge in [0.25, 0.3) is 0 Å². The first-order valence-corrected chi connectivity index (χ1v) is 8.71. The van der Waals surface area contributed by atoms with Crippen LogP contribution in [0.25, 0.3) is 23.0 Å². The highest BCUT2D eigenvalue weighted by molar-refractivity contribution is 5.84. The Balaban J connectivity index is 2.91. The summed E-state index contributed by atoms with van der Waals surface area (Å²) in [5, 5.41) is 9.28. The smallest absolute Gasteiger partial charge is 0.123 e. The average Bonchev–Trinajstić information content (AvgIpc) is 3.00. The van der Waals surface area contributed by atoms with Crippen molar-refractivity contribution in [3.8, 4) is 11.3 Å². The zero-order valence-corrected chi connectivity index (χ0v) is 16.0. The minimum absolute atomic E-state index is 0.0992. The second-order valence-corrected chi connectivity index (χ2v) is 7.04. The lowest BCUT2D eigenvalue weighted by atomic mass is 9.95. The van der Waals surface area contributed by atoms with Gasteiger partial charge in [-0.05, 0) is 42.6 Å². The van der Waals surface area contributed by atoms with Gasteiger partial charge in [0, 0.05) is 22.8 Å². The zero-order valence-electron chi connectivity index (χ0n) is 16.0. The van der Waals surface area contributed by atoms with Crippen molar-refractivity contribution in [1.29, 1.82) is 0 Å². The minimum atomic E-state index is -0.308. The molecule has 0 fully saturated rings. The van der Waals surface area contributed by atoms with Crippen LogP contribution in [-0.2, 0) is 5.41 Å². The van der Waals surface area contributed by atoms with E-state index >= 15 is 0 Å². The molecule has 0 unspecified atom stereocenters. The summed E-state index contributed by atoms with van der Waals surface area (Å²) in [6.07, 6.45) is 10.1. The van der Waals surface area contributed by atoms with Crippen molar-refractivity contribution < 1.29 is 9.50 Å². The fourth-order valence-corrected chi connectivity index (χ4v) is 2.79. The number of halogens is 1. The van der Waals surface area contributed by atoms with Crippen LogP contribution in [0.2, 0.25) is 0 Å². The number of aliphatic hydroxyl groups excluding tert-OH is 1. The number of aromatic nitrogens is 2. The number of imidazole rings is 1. The van der Waals surface area contributed by atoms with Crippen LogP contribution < -0.4 is 5.73 Å². The molecule has 3 N–H and O–H groups in total. The van der Waals surface area contributed by atoms with Crippen LogP contribution in [0.1, 0.15) is 32.3 Å². The Kier molecular flexibility index (Phi) is 6.53. The fourth-order valence-electron chi connectivity index (χ4n) is 2.79. The number of nitrogens with two attached hydrogens (primary N) is 1. The molecule has 0 radical (unpaired) electrons. The largest absolute Gasteiger partial charge is 0.405 e. The quantitative estimate of drug-likeness (QED) is 0.739. The molecule has 0 spiro atoms. The molecule has 1 heterocycles. The van der Waals surface area contributed by atoms with Gasteiger partial charge in [0.1, 0.15) is 11.6 Å². The Hall–Kier alpha value is -2.92. The summed E-state index contributed by atoms with van der Waals surface area (Å²) < 4.78 is 15.4. The van der Waals surface area contributed by atoms with Crippen LogP contribution in [-0.4, -0.2) is 21.3 Å². The third-order valence-corrected chi connectivity index (χ3v) is 3.91. The molecule has 1 aromatic heterocycles. The van der Waals surface area contributed by atoms with Crippen LogP contribution in [0.5, 0.6) is 0 Å². The van der Waals surface area contributed by atoms with E-state index in [1.54, 1.807) is 36.6 Å². The third kappa shape index (κ3) is 4.63. The molecule has 5 heteroatoms. The maximum absolute atomic E-state index is 13.5. The molecule has 27 heavy (non-hydrogen) atoms. The number of nitrogens with zero attached hydrogens (tertiary/aromatic N) is 2. The number of rotatable bonds is 6. The van der Waals surface area contributed by atoms with E-state index in [1.807, 2.05) is 10.6 Å². The van der Waals surface area contributed by atoms with Gasteiger partial charge in [0.2, 0.25) is 0 Å². The maximum Gasteiger partial charge on any atom is 0.123 e. The Morgan fingerprint density at radius 1 is 1.30 bits per heavy atom. The molecule has 0 amide bonds. The molecule has 0 aliphatic carbocycles. The van der Waals surface area contributed by atoms with Gasteiger partial charge in [-0.25, -0.2) is 9.37 Å². The molecule has 0 aliphatic rings. The topological polar surface area (TPSA) is 64.1 Å². The molecule has 2 rings (SSSR count). The lowest BCUT2D eigenvalue weighted by Gasteiger charge is -2.19. The number of hydrogen-bond acceptors (Lipinski definition) is 3. The predicted molar refractivity (Wildman–Crippen MR) is 110 cm³/mol. The van der Waals surface area contributed by atoms with Gasteiger partial charge in [0.05, 0.1) is 18.0 Å². The molecule has 0 saturated carbocycles. The first-order valence-electron chi connectivity index (χ1n) is 8.71. The predicted octanol–water partition coefficient (Wildman–Crippen LogP) is 4.49. The normalized spacial score (nSPS) is 13.0. The Morgan fingerprint density at radius 3 is 2.48 bits per heavy atom. The molecule has 0 aliphatic heterocycles. The molecule has 0 bridgehead atoms. The van der Waals surface area contributed by atoms with Crippen LogP contribution >= 0.6 is 0 Å². The van der Waals surface area contributed by atoms with E-state index < -0.39 is 0 Å². The van der Waals surface area contributed by atoms with Gasteiger partial charge in [-0.1, -0.05) is 39.5 Å². The number of benzene rings is 1. The van der Waals surface area contributed by atoms with Gasteiger partial charge in [-0.3, -0.25) is 0 Å². The SMILES string of the molecule is C=C/C=C(\C=C/N)c1nc(C(C)(C)C)n(/C=C/CO)c1-c1ccc(F)cc1. The fraction of sp³-hybridized carbons (Fsp3) is 0.227. The zero-order chi connectivity index (χ0) is 20.0. The summed E-state index contributed by atoms with van der Waals surface area (Å²) in [6.45, 7) is 9.85. The van der Waals surface area contributed by atoms with Crippen LogP contribution in [0, 0.1) is 5.82 Å². The second kappa shape index (κ2) is 8.64. The molecule has 1 aromatic carbocycles. The maximum atomic E-state index is 13.5. The summed E-state index contributed by atoms with van der Waals surface area (Å²) in [5.41, 5.74) is 8.45. The van der Waals surface area contributed by atoms with Gasteiger partial charge < -0.3 is 15.4 Å². The summed E-state index contributed by atoms with van der Waals surface area (Å²) in [6, 6.07) is 6.25. The third-order valence-electron chi connectivity index (χ3n) is 3.91.